The summed E-state index contributed by atoms with van der Waals surface area (Å²) in [5.41, 5.74) is 6.88. The molecule has 0 unspecified atom stereocenters. The van der Waals surface area contributed by atoms with Gasteiger partial charge in [0.15, 0.2) is 0 Å². The molecule has 0 aliphatic carbocycles. The van der Waals surface area contributed by atoms with Crippen molar-refractivity contribution in [2.45, 2.75) is 12.4 Å². The summed E-state index contributed by atoms with van der Waals surface area (Å²) < 4.78 is 40.0. The number of phenols is 1. The first-order chi connectivity index (χ1) is 9.76. The summed E-state index contributed by atoms with van der Waals surface area (Å²) in [7, 11) is 0. The standard InChI is InChI=1S/C14H11ClF3NO2.ClH/c15-9-3-6-12(20)11(7-9)13(19)8-1-4-10(5-2-8)21-14(16,17)18;/h1-7,13,20H,19H2;1H/t13-;/m0./s1. The molecule has 0 saturated heterocycles. The second-order valence-corrected chi connectivity index (χ2v) is 4.73. The molecule has 120 valence electrons. The van der Waals surface area contributed by atoms with E-state index in [0.717, 1.165) is 12.1 Å². The second kappa shape index (κ2) is 7.09. The van der Waals surface area contributed by atoms with Crippen molar-refractivity contribution in [1.29, 1.82) is 0 Å². The Kier molecular flexibility index (Phi) is 5.93. The number of hydrogen-bond acceptors (Lipinski definition) is 3. The number of halogens is 5. The fourth-order valence-electron chi connectivity index (χ4n) is 1.83. The monoisotopic (exact) mass is 353 g/mol. The first-order valence-corrected chi connectivity index (χ1v) is 6.24. The maximum atomic E-state index is 12.1. The second-order valence-electron chi connectivity index (χ2n) is 4.30. The Morgan fingerprint density at radius 3 is 2.23 bits per heavy atom. The number of hydrogen-bond donors (Lipinski definition) is 2. The van der Waals surface area contributed by atoms with Gasteiger partial charge in [-0.3, -0.25) is 0 Å². The molecule has 2 rings (SSSR count). The number of alkyl halides is 3. The number of ether oxygens (including phenoxy) is 1. The van der Waals surface area contributed by atoms with Crippen LogP contribution in [0.2, 0.25) is 5.02 Å². The zero-order valence-corrected chi connectivity index (χ0v) is 12.5. The lowest BCUT2D eigenvalue weighted by Crippen LogP contribution is -2.17. The largest absolute Gasteiger partial charge is 0.573 e. The first-order valence-electron chi connectivity index (χ1n) is 5.86. The average Bonchev–Trinajstić information content (AvgIpc) is 2.40. The van der Waals surface area contributed by atoms with Gasteiger partial charge in [-0.15, -0.1) is 25.6 Å². The highest BCUT2D eigenvalue weighted by atomic mass is 35.5. The van der Waals surface area contributed by atoms with E-state index in [1.807, 2.05) is 0 Å². The van der Waals surface area contributed by atoms with Gasteiger partial charge in [0, 0.05) is 10.6 Å². The van der Waals surface area contributed by atoms with E-state index in [0.29, 0.717) is 16.1 Å². The molecule has 0 spiro atoms. The van der Waals surface area contributed by atoms with Crippen LogP contribution in [-0.2, 0) is 0 Å². The van der Waals surface area contributed by atoms with Crippen LogP contribution < -0.4 is 10.5 Å². The van der Waals surface area contributed by atoms with E-state index in [1.54, 1.807) is 0 Å². The van der Waals surface area contributed by atoms with Crippen LogP contribution in [0.1, 0.15) is 17.2 Å². The normalized spacial score (nSPS) is 12.4. The molecule has 0 saturated carbocycles. The van der Waals surface area contributed by atoms with Crippen molar-refractivity contribution in [3.8, 4) is 11.5 Å². The first kappa shape index (κ1) is 18.4. The number of aromatic hydroxyl groups is 1. The number of benzene rings is 2. The van der Waals surface area contributed by atoms with Gasteiger partial charge in [-0.05, 0) is 35.9 Å². The Morgan fingerprint density at radius 2 is 1.68 bits per heavy atom. The molecule has 0 radical (unpaired) electrons. The van der Waals surface area contributed by atoms with Crippen LogP contribution in [0.4, 0.5) is 13.2 Å². The van der Waals surface area contributed by atoms with Crippen molar-refractivity contribution < 1.29 is 23.0 Å². The highest BCUT2D eigenvalue weighted by molar-refractivity contribution is 6.30. The third kappa shape index (κ3) is 4.69. The molecule has 3 nitrogen and oxygen atoms in total. The van der Waals surface area contributed by atoms with Gasteiger partial charge < -0.3 is 15.6 Å². The summed E-state index contributed by atoms with van der Waals surface area (Å²) >= 11 is 5.83. The lowest BCUT2D eigenvalue weighted by atomic mass is 9.99. The van der Waals surface area contributed by atoms with Gasteiger partial charge in [0.1, 0.15) is 11.5 Å². The smallest absolute Gasteiger partial charge is 0.508 e. The molecule has 3 N–H and O–H groups in total. The number of rotatable bonds is 3. The van der Waals surface area contributed by atoms with Crippen LogP contribution in [-0.4, -0.2) is 11.5 Å². The Morgan fingerprint density at radius 1 is 1.09 bits per heavy atom. The van der Waals surface area contributed by atoms with Crippen LogP contribution in [0.15, 0.2) is 42.5 Å². The zero-order valence-electron chi connectivity index (χ0n) is 11.0. The molecule has 0 fully saturated rings. The van der Waals surface area contributed by atoms with E-state index in [2.05, 4.69) is 4.74 Å². The van der Waals surface area contributed by atoms with Gasteiger partial charge in [0.25, 0.3) is 0 Å². The van der Waals surface area contributed by atoms with Gasteiger partial charge in [-0.25, -0.2) is 0 Å². The molecule has 2 aromatic carbocycles. The van der Waals surface area contributed by atoms with Gasteiger partial charge in [-0.1, -0.05) is 23.7 Å². The van der Waals surface area contributed by atoms with Gasteiger partial charge in [0.2, 0.25) is 0 Å². The minimum Gasteiger partial charge on any atom is -0.508 e. The molecule has 0 aliphatic rings. The van der Waals surface area contributed by atoms with Crippen LogP contribution >= 0.6 is 24.0 Å². The Bertz CT molecular complexity index is 633. The summed E-state index contributed by atoms with van der Waals surface area (Å²) in [4.78, 5) is 0. The van der Waals surface area contributed by atoms with Gasteiger partial charge >= 0.3 is 6.36 Å². The maximum Gasteiger partial charge on any atom is 0.573 e. The van der Waals surface area contributed by atoms with Crippen molar-refractivity contribution >= 4 is 24.0 Å². The summed E-state index contributed by atoms with van der Waals surface area (Å²) in [5.74, 6) is -0.378. The Hall–Kier alpha value is -1.63. The highest BCUT2D eigenvalue weighted by Crippen LogP contribution is 2.31. The molecule has 0 bridgehead atoms. The minimum atomic E-state index is -4.74. The summed E-state index contributed by atoms with van der Waals surface area (Å²) in [6.07, 6.45) is -4.74. The van der Waals surface area contributed by atoms with E-state index in [4.69, 9.17) is 17.3 Å². The molecule has 8 heteroatoms. The van der Waals surface area contributed by atoms with Gasteiger partial charge in [-0.2, -0.15) is 0 Å². The number of phenolic OH excluding ortho intramolecular Hbond substituents is 1. The highest BCUT2D eigenvalue weighted by Gasteiger charge is 2.31. The Balaban J connectivity index is 0.00000242. The lowest BCUT2D eigenvalue weighted by Gasteiger charge is -2.15. The van der Waals surface area contributed by atoms with Crippen LogP contribution in [0.5, 0.6) is 11.5 Å². The third-order valence-corrected chi connectivity index (χ3v) is 3.03. The summed E-state index contributed by atoms with van der Waals surface area (Å²) in [5, 5.41) is 10.2. The van der Waals surface area contributed by atoms with Crippen molar-refractivity contribution in [3.63, 3.8) is 0 Å². The fourth-order valence-corrected chi connectivity index (χ4v) is 2.01. The van der Waals surface area contributed by atoms with Crippen molar-refractivity contribution in [3.05, 3.63) is 58.6 Å². The van der Waals surface area contributed by atoms with Gasteiger partial charge in [0.05, 0.1) is 6.04 Å². The zero-order chi connectivity index (χ0) is 15.6. The molecule has 0 aromatic heterocycles. The quantitative estimate of drug-likeness (QED) is 0.858. The molecular formula is C14H12Cl2F3NO2. The molecular weight excluding hydrogens is 342 g/mol. The van der Waals surface area contributed by atoms with E-state index in [-0.39, 0.29) is 23.9 Å². The third-order valence-electron chi connectivity index (χ3n) is 2.80. The molecule has 22 heavy (non-hydrogen) atoms. The van der Waals surface area contributed by atoms with Crippen molar-refractivity contribution in [1.82, 2.24) is 0 Å². The predicted octanol–water partition coefficient (Wildman–Crippen LogP) is 4.41. The summed E-state index contributed by atoms with van der Waals surface area (Å²) in [6.45, 7) is 0. The molecule has 0 amide bonds. The minimum absolute atomic E-state index is 0. The Labute approximate surface area is 135 Å². The predicted molar refractivity (Wildman–Crippen MR) is 79.5 cm³/mol. The summed E-state index contributed by atoms with van der Waals surface area (Å²) in [6, 6.07) is 8.80. The molecule has 1 atom stereocenters. The fraction of sp³-hybridized carbons (Fsp3) is 0.143. The lowest BCUT2D eigenvalue weighted by molar-refractivity contribution is -0.274. The van der Waals surface area contributed by atoms with E-state index in [9.17, 15) is 18.3 Å². The average molecular weight is 354 g/mol. The van der Waals surface area contributed by atoms with Crippen molar-refractivity contribution in [2.24, 2.45) is 5.73 Å². The maximum absolute atomic E-state index is 12.1. The van der Waals surface area contributed by atoms with Crippen LogP contribution in [0.3, 0.4) is 0 Å². The van der Waals surface area contributed by atoms with E-state index < -0.39 is 12.4 Å². The molecule has 0 heterocycles. The SMILES string of the molecule is Cl.N[C@@H](c1ccc(OC(F)(F)F)cc1)c1cc(Cl)ccc1O. The van der Waals surface area contributed by atoms with Crippen molar-refractivity contribution in [2.75, 3.05) is 0 Å². The molecule has 0 aliphatic heterocycles. The number of nitrogens with two attached hydrogens (primary N) is 1. The molecule has 2 aromatic rings. The van der Waals surface area contributed by atoms with Crippen LogP contribution in [0.25, 0.3) is 0 Å². The van der Waals surface area contributed by atoms with E-state index >= 15 is 0 Å². The van der Waals surface area contributed by atoms with E-state index in [1.165, 1.54) is 30.3 Å². The topological polar surface area (TPSA) is 55.5 Å². The van der Waals surface area contributed by atoms with Crippen LogP contribution in [0, 0.1) is 0 Å².